The molecule has 0 radical (unpaired) electrons. The molecule has 2 aromatic carbocycles. The van der Waals surface area contributed by atoms with E-state index in [9.17, 15) is 19.5 Å². The van der Waals surface area contributed by atoms with Gasteiger partial charge in [0.15, 0.2) is 0 Å². The zero-order valence-corrected chi connectivity index (χ0v) is 26.3. The highest BCUT2D eigenvalue weighted by atomic mass is 32.1. The maximum Gasteiger partial charge on any atom is 0.411 e. The van der Waals surface area contributed by atoms with Crippen molar-refractivity contribution >= 4 is 29.4 Å². The Labute approximate surface area is 262 Å². The molecule has 1 saturated heterocycles. The van der Waals surface area contributed by atoms with Crippen LogP contribution in [-0.2, 0) is 33.7 Å². The summed E-state index contributed by atoms with van der Waals surface area (Å²) in [6, 6.07) is 18.3. The molecule has 3 amide bonds. The normalized spacial score (nSPS) is 17.9. The number of aromatic nitrogens is 1. The Morgan fingerprint density at radius 3 is 2.11 bits per heavy atom. The van der Waals surface area contributed by atoms with Crippen molar-refractivity contribution in [1.29, 1.82) is 0 Å². The lowest BCUT2D eigenvalue weighted by Gasteiger charge is -2.29. The fourth-order valence-electron chi connectivity index (χ4n) is 5.19. The average Bonchev–Trinajstić information content (AvgIpc) is 3.65. The first-order valence-electron chi connectivity index (χ1n) is 14.9. The number of hydrogen-bond acceptors (Lipinski definition) is 8. The number of benzene rings is 2. The van der Waals surface area contributed by atoms with Crippen LogP contribution in [-0.4, -0.2) is 69.5 Å². The molecule has 0 bridgehead atoms. The summed E-state index contributed by atoms with van der Waals surface area (Å²) >= 11 is 1.42. The quantitative estimate of drug-likeness (QED) is 0.263. The molecule has 0 saturated carbocycles. The first kappa shape index (κ1) is 32.9. The van der Waals surface area contributed by atoms with E-state index in [1.807, 2.05) is 60.7 Å². The van der Waals surface area contributed by atoms with Crippen LogP contribution in [0.5, 0.6) is 0 Å². The summed E-state index contributed by atoms with van der Waals surface area (Å²) in [6.45, 7) is 5.46. The van der Waals surface area contributed by atoms with Gasteiger partial charge in [-0.05, 0) is 57.6 Å². The van der Waals surface area contributed by atoms with Crippen molar-refractivity contribution in [3.63, 3.8) is 0 Å². The fourth-order valence-corrected chi connectivity index (χ4v) is 5.70. The highest BCUT2D eigenvalue weighted by Crippen LogP contribution is 2.23. The monoisotopic (exact) mass is 622 g/mol. The Morgan fingerprint density at radius 2 is 1.57 bits per heavy atom. The van der Waals surface area contributed by atoms with E-state index in [0.29, 0.717) is 25.7 Å². The zero-order chi connectivity index (χ0) is 31.5. The predicted octanol–water partition coefficient (Wildman–Crippen LogP) is 4.86. The number of β-amino-alcohol motifs (C(OH)–C–C–N with tert-alkyl or cyclic N) is 1. The Hall–Kier alpha value is -3.96. The van der Waals surface area contributed by atoms with Gasteiger partial charge in [-0.2, -0.15) is 0 Å². The molecule has 2 heterocycles. The third kappa shape index (κ3) is 10.6. The molecule has 1 aromatic heterocycles. The van der Waals surface area contributed by atoms with Gasteiger partial charge in [-0.15, -0.1) is 11.3 Å². The summed E-state index contributed by atoms with van der Waals surface area (Å²) in [4.78, 5) is 45.4. The van der Waals surface area contributed by atoms with Crippen LogP contribution in [0.1, 0.15) is 56.0 Å². The second-order valence-corrected chi connectivity index (χ2v) is 13.1. The summed E-state index contributed by atoms with van der Waals surface area (Å²) in [5.74, 6) is -0.343. The van der Waals surface area contributed by atoms with Gasteiger partial charge in [0.2, 0.25) is 5.91 Å². The third-order valence-corrected chi connectivity index (χ3v) is 7.97. The summed E-state index contributed by atoms with van der Waals surface area (Å²) in [6.07, 6.45) is 2.10. The van der Waals surface area contributed by atoms with Crippen LogP contribution >= 0.6 is 11.3 Å². The van der Waals surface area contributed by atoms with E-state index in [2.05, 4.69) is 15.6 Å². The molecule has 10 nitrogen and oxygen atoms in total. The van der Waals surface area contributed by atoms with Crippen LogP contribution in [0.2, 0.25) is 0 Å². The number of rotatable bonds is 12. The molecule has 4 atom stereocenters. The maximum atomic E-state index is 13.6. The van der Waals surface area contributed by atoms with E-state index in [1.165, 1.54) is 16.2 Å². The number of amides is 3. The topological polar surface area (TPSA) is 130 Å². The zero-order valence-electron chi connectivity index (χ0n) is 25.5. The minimum atomic E-state index is -0.849. The second kappa shape index (κ2) is 15.7. The van der Waals surface area contributed by atoms with Gasteiger partial charge >= 0.3 is 12.2 Å². The smallest absolute Gasteiger partial charge is 0.411 e. The number of nitrogens with zero attached hydrogens (tertiary/aromatic N) is 2. The van der Waals surface area contributed by atoms with Gasteiger partial charge in [-0.3, -0.25) is 14.7 Å². The van der Waals surface area contributed by atoms with Gasteiger partial charge in [0.05, 0.1) is 23.0 Å². The number of likely N-dealkylation sites (tertiary alicyclic amines) is 1. The molecule has 1 aliphatic heterocycles. The highest BCUT2D eigenvalue weighted by molar-refractivity contribution is 7.09. The van der Waals surface area contributed by atoms with Crippen LogP contribution in [0.4, 0.5) is 9.59 Å². The molecule has 0 spiro atoms. The highest BCUT2D eigenvalue weighted by Gasteiger charge is 2.41. The SMILES string of the molecule is CC(C)(C)OC(=O)N1C[C@@H](O)C[C@H]1C(=O)N[C@H](CC[C@H](Cc1ccccc1)NC(=O)OCc1cncs1)Cc1ccccc1. The van der Waals surface area contributed by atoms with Crippen molar-refractivity contribution in [2.75, 3.05) is 6.54 Å². The molecule has 1 fully saturated rings. The summed E-state index contributed by atoms with van der Waals surface area (Å²) in [5.41, 5.74) is 3.07. The molecular weight excluding hydrogens is 580 g/mol. The second-order valence-electron chi connectivity index (χ2n) is 12.1. The van der Waals surface area contributed by atoms with Gasteiger partial charge in [0, 0.05) is 24.7 Å². The van der Waals surface area contributed by atoms with Crippen LogP contribution in [0.25, 0.3) is 0 Å². The van der Waals surface area contributed by atoms with E-state index in [1.54, 1.807) is 32.5 Å². The number of thiazole rings is 1. The molecular formula is C33H42N4O6S. The number of ether oxygens (including phenoxy) is 2. The number of aliphatic hydroxyl groups is 1. The molecule has 0 aliphatic carbocycles. The summed E-state index contributed by atoms with van der Waals surface area (Å²) in [7, 11) is 0. The molecule has 236 valence electrons. The first-order valence-corrected chi connectivity index (χ1v) is 15.8. The third-order valence-electron chi connectivity index (χ3n) is 7.22. The average molecular weight is 623 g/mol. The molecule has 11 heteroatoms. The number of carbonyl (C=O) groups excluding carboxylic acids is 3. The van der Waals surface area contributed by atoms with E-state index in [0.717, 1.165) is 16.0 Å². The van der Waals surface area contributed by atoms with Gasteiger partial charge in [-0.1, -0.05) is 60.7 Å². The standard InChI is InChI=1S/C33H42N4O6S/c1-33(2,3)43-32(41)37-20-27(38)18-29(37)30(39)35-25(16-23-10-6-4-7-11-23)14-15-26(17-24-12-8-5-9-13-24)36-31(40)42-21-28-19-34-22-44-28/h4-13,19,22,25-27,29,38H,14-18,20-21H2,1-3H3,(H,35,39)(H,36,40)/t25-,26-,27+,29+/m1/s1. The van der Waals surface area contributed by atoms with Crippen molar-refractivity contribution in [3.8, 4) is 0 Å². The summed E-state index contributed by atoms with van der Waals surface area (Å²) < 4.78 is 11.0. The van der Waals surface area contributed by atoms with Crippen LogP contribution < -0.4 is 10.6 Å². The molecule has 3 aromatic rings. The van der Waals surface area contributed by atoms with Crippen molar-refractivity contribution in [3.05, 3.63) is 88.4 Å². The van der Waals surface area contributed by atoms with Crippen molar-refractivity contribution in [2.24, 2.45) is 0 Å². The molecule has 4 rings (SSSR count). The summed E-state index contributed by atoms with van der Waals surface area (Å²) in [5, 5.41) is 16.5. The van der Waals surface area contributed by atoms with E-state index in [-0.39, 0.29) is 37.6 Å². The van der Waals surface area contributed by atoms with Crippen molar-refractivity contribution < 1.29 is 29.0 Å². The van der Waals surface area contributed by atoms with E-state index < -0.39 is 29.9 Å². The van der Waals surface area contributed by atoms with E-state index >= 15 is 0 Å². The van der Waals surface area contributed by atoms with Crippen molar-refractivity contribution in [1.82, 2.24) is 20.5 Å². The fraction of sp³-hybridized carbons (Fsp3) is 0.455. The molecule has 44 heavy (non-hydrogen) atoms. The number of alkyl carbamates (subject to hydrolysis) is 1. The van der Waals surface area contributed by atoms with Crippen LogP contribution in [0.15, 0.2) is 72.4 Å². The van der Waals surface area contributed by atoms with Crippen LogP contribution in [0, 0.1) is 0 Å². The first-order chi connectivity index (χ1) is 21.1. The van der Waals surface area contributed by atoms with Gasteiger partial charge in [0.1, 0.15) is 18.2 Å². The lowest BCUT2D eigenvalue weighted by atomic mass is 9.95. The number of aliphatic hydroxyl groups excluding tert-OH is 1. The lowest BCUT2D eigenvalue weighted by Crippen LogP contribution is -2.50. The van der Waals surface area contributed by atoms with Gasteiger partial charge in [-0.25, -0.2) is 9.59 Å². The predicted molar refractivity (Wildman–Crippen MR) is 168 cm³/mol. The largest absolute Gasteiger partial charge is 0.444 e. The molecule has 0 unspecified atom stereocenters. The minimum absolute atomic E-state index is 0.0308. The Balaban J connectivity index is 1.45. The lowest BCUT2D eigenvalue weighted by molar-refractivity contribution is -0.126. The Morgan fingerprint density at radius 1 is 0.977 bits per heavy atom. The van der Waals surface area contributed by atoms with Crippen molar-refractivity contribution in [2.45, 2.75) is 89.3 Å². The van der Waals surface area contributed by atoms with Crippen LogP contribution in [0.3, 0.4) is 0 Å². The number of carbonyl (C=O) groups is 3. The number of hydrogen-bond donors (Lipinski definition) is 3. The minimum Gasteiger partial charge on any atom is -0.444 e. The van der Waals surface area contributed by atoms with Gasteiger partial charge in [0.25, 0.3) is 0 Å². The Bertz CT molecular complexity index is 1330. The van der Waals surface area contributed by atoms with E-state index in [4.69, 9.17) is 9.47 Å². The van der Waals surface area contributed by atoms with Gasteiger partial charge < -0.3 is 25.2 Å². The maximum absolute atomic E-state index is 13.6. The molecule has 3 N–H and O–H groups in total. The Kier molecular flexibility index (Phi) is 11.7. The molecule has 1 aliphatic rings. The number of nitrogens with one attached hydrogen (secondary N) is 2.